The van der Waals surface area contributed by atoms with Gasteiger partial charge in [-0.15, -0.1) is 0 Å². The van der Waals surface area contributed by atoms with Gasteiger partial charge in [-0.3, -0.25) is 0 Å². The number of hydrogen-bond acceptors (Lipinski definition) is 4. The highest BCUT2D eigenvalue weighted by molar-refractivity contribution is 7.98. The molecule has 0 spiro atoms. The van der Waals surface area contributed by atoms with Crippen LogP contribution in [0.2, 0.25) is 0 Å². The minimum atomic E-state index is 0.227. The Morgan fingerprint density at radius 1 is 1.47 bits per heavy atom. The lowest BCUT2D eigenvalue weighted by Gasteiger charge is -2.10. The molecule has 1 unspecified atom stereocenters. The molecule has 19 heavy (non-hydrogen) atoms. The molecule has 4 heteroatoms. The van der Waals surface area contributed by atoms with Crippen molar-refractivity contribution < 1.29 is 9.84 Å². The van der Waals surface area contributed by atoms with Crippen molar-refractivity contribution >= 4 is 11.8 Å². The minimum absolute atomic E-state index is 0.227. The molecule has 3 nitrogen and oxygen atoms in total. The Labute approximate surface area is 119 Å². The molecule has 104 valence electrons. The van der Waals surface area contributed by atoms with Crippen LogP contribution in [0.1, 0.15) is 18.1 Å². The Morgan fingerprint density at radius 3 is 2.89 bits per heavy atom. The molecule has 1 aromatic carbocycles. The lowest BCUT2D eigenvalue weighted by molar-refractivity contribution is 0.250. The quantitative estimate of drug-likeness (QED) is 0.781. The Balaban J connectivity index is 2.76. The SMILES string of the molecule is COc1ccc(C#CCN)c(CSCC(C)CO)c1. The lowest BCUT2D eigenvalue weighted by atomic mass is 10.1. The Kier molecular flexibility index (Phi) is 7.42. The molecule has 0 fully saturated rings. The maximum Gasteiger partial charge on any atom is 0.119 e. The highest BCUT2D eigenvalue weighted by atomic mass is 32.2. The van der Waals surface area contributed by atoms with Gasteiger partial charge in [-0.25, -0.2) is 0 Å². The fourth-order valence-corrected chi connectivity index (χ4v) is 2.59. The molecular weight excluding hydrogens is 258 g/mol. The first kappa shape index (κ1) is 15.9. The van der Waals surface area contributed by atoms with Crippen LogP contribution in [-0.2, 0) is 5.75 Å². The van der Waals surface area contributed by atoms with Crippen molar-refractivity contribution in [2.75, 3.05) is 26.0 Å². The normalized spacial score (nSPS) is 11.6. The van der Waals surface area contributed by atoms with Crippen molar-refractivity contribution in [1.29, 1.82) is 0 Å². The number of aliphatic hydroxyl groups excluding tert-OH is 1. The zero-order valence-corrected chi connectivity index (χ0v) is 12.3. The summed E-state index contributed by atoms with van der Waals surface area (Å²) in [5.74, 6) is 8.90. The van der Waals surface area contributed by atoms with Gasteiger partial charge in [-0.1, -0.05) is 18.8 Å². The van der Waals surface area contributed by atoms with Crippen molar-refractivity contribution in [2.45, 2.75) is 12.7 Å². The van der Waals surface area contributed by atoms with E-state index in [1.807, 2.05) is 25.1 Å². The van der Waals surface area contributed by atoms with Crippen molar-refractivity contribution in [3.8, 4) is 17.6 Å². The number of methoxy groups -OCH3 is 1. The van der Waals surface area contributed by atoms with Crippen molar-refractivity contribution in [3.05, 3.63) is 29.3 Å². The number of rotatable bonds is 6. The fraction of sp³-hybridized carbons (Fsp3) is 0.467. The van der Waals surface area contributed by atoms with E-state index < -0.39 is 0 Å². The smallest absolute Gasteiger partial charge is 0.119 e. The molecule has 0 bridgehead atoms. The van der Waals surface area contributed by atoms with Crippen LogP contribution in [-0.4, -0.2) is 31.1 Å². The zero-order valence-electron chi connectivity index (χ0n) is 11.5. The molecule has 0 saturated carbocycles. The molecule has 3 N–H and O–H groups in total. The van der Waals surface area contributed by atoms with E-state index in [2.05, 4.69) is 11.8 Å². The van der Waals surface area contributed by atoms with Crippen LogP contribution < -0.4 is 10.5 Å². The number of aliphatic hydroxyl groups is 1. The summed E-state index contributed by atoms with van der Waals surface area (Å²) in [6, 6.07) is 5.88. The van der Waals surface area contributed by atoms with Gasteiger partial charge in [0.2, 0.25) is 0 Å². The van der Waals surface area contributed by atoms with Crippen molar-refractivity contribution in [1.82, 2.24) is 0 Å². The first-order valence-corrected chi connectivity index (χ1v) is 7.41. The standard InChI is InChI=1S/C15H21NO2S/c1-12(9-17)10-19-11-14-8-15(18-2)6-5-13(14)4-3-7-16/h5-6,8,12,17H,7,9-11,16H2,1-2H3. The first-order chi connectivity index (χ1) is 9.21. The third kappa shape index (κ3) is 5.56. The third-order valence-electron chi connectivity index (χ3n) is 2.61. The molecule has 1 atom stereocenters. The average molecular weight is 279 g/mol. The van der Waals surface area contributed by atoms with E-state index in [-0.39, 0.29) is 6.61 Å². The number of ether oxygens (including phenoxy) is 1. The predicted octanol–water partition coefficient (Wildman–Crippen LogP) is 1.87. The van der Waals surface area contributed by atoms with Crippen LogP contribution >= 0.6 is 11.8 Å². The Morgan fingerprint density at radius 2 is 2.26 bits per heavy atom. The van der Waals surface area contributed by atoms with E-state index in [1.165, 1.54) is 0 Å². The summed E-state index contributed by atoms with van der Waals surface area (Å²) in [7, 11) is 1.66. The maximum atomic E-state index is 9.02. The van der Waals surface area contributed by atoms with Gasteiger partial charge in [0.1, 0.15) is 5.75 Å². The van der Waals surface area contributed by atoms with Crippen LogP contribution in [0.15, 0.2) is 18.2 Å². The molecule has 0 aliphatic carbocycles. The molecule has 0 aliphatic rings. The lowest BCUT2D eigenvalue weighted by Crippen LogP contribution is -2.04. The molecule has 0 aliphatic heterocycles. The Bertz CT molecular complexity index is 451. The van der Waals surface area contributed by atoms with Gasteiger partial charge < -0.3 is 15.6 Å². The Hall–Kier alpha value is -1.15. The second kappa shape index (κ2) is 8.87. The highest BCUT2D eigenvalue weighted by Crippen LogP contribution is 2.23. The number of benzene rings is 1. The van der Waals surface area contributed by atoms with Gasteiger partial charge in [0, 0.05) is 17.9 Å². The topological polar surface area (TPSA) is 55.5 Å². The van der Waals surface area contributed by atoms with E-state index in [0.29, 0.717) is 12.5 Å². The van der Waals surface area contributed by atoms with Gasteiger partial charge in [0.25, 0.3) is 0 Å². The molecular formula is C15H21NO2S. The van der Waals surface area contributed by atoms with E-state index in [0.717, 1.165) is 28.4 Å². The van der Waals surface area contributed by atoms with Crippen molar-refractivity contribution in [2.24, 2.45) is 11.7 Å². The van der Waals surface area contributed by atoms with E-state index in [1.54, 1.807) is 18.9 Å². The second-order valence-electron chi connectivity index (χ2n) is 4.33. The maximum absolute atomic E-state index is 9.02. The molecule has 0 radical (unpaired) electrons. The summed E-state index contributed by atoms with van der Waals surface area (Å²) in [4.78, 5) is 0. The van der Waals surface area contributed by atoms with Crippen LogP contribution in [0.4, 0.5) is 0 Å². The summed E-state index contributed by atoms with van der Waals surface area (Å²) in [5.41, 5.74) is 7.55. The summed E-state index contributed by atoms with van der Waals surface area (Å²) < 4.78 is 5.24. The molecule has 1 rings (SSSR count). The van der Waals surface area contributed by atoms with Gasteiger partial charge >= 0.3 is 0 Å². The highest BCUT2D eigenvalue weighted by Gasteiger charge is 2.05. The van der Waals surface area contributed by atoms with Gasteiger partial charge in [-0.2, -0.15) is 11.8 Å². The minimum Gasteiger partial charge on any atom is -0.497 e. The van der Waals surface area contributed by atoms with Gasteiger partial charge in [0.15, 0.2) is 0 Å². The zero-order chi connectivity index (χ0) is 14.1. The van der Waals surface area contributed by atoms with Crippen molar-refractivity contribution in [3.63, 3.8) is 0 Å². The predicted molar refractivity (Wildman–Crippen MR) is 81.3 cm³/mol. The molecule has 0 heterocycles. The fourth-order valence-electron chi connectivity index (χ4n) is 1.51. The largest absolute Gasteiger partial charge is 0.497 e. The first-order valence-electron chi connectivity index (χ1n) is 6.25. The summed E-state index contributed by atoms with van der Waals surface area (Å²) in [6.45, 7) is 2.62. The number of nitrogens with two attached hydrogens (primary N) is 1. The van der Waals surface area contributed by atoms with Crippen LogP contribution in [0.5, 0.6) is 5.75 Å². The number of thioether (sulfide) groups is 1. The second-order valence-corrected chi connectivity index (χ2v) is 5.36. The van der Waals surface area contributed by atoms with Crippen LogP contribution in [0.3, 0.4) is 0 Å². The molecule has 0 aromatic heterocycles. The van der Waals surface area contributed by atoms with E-state index in [4.69, 9.17) is 15.6 Å². The molecule has 1 aromatic rings. The van der Waals surface area contributed by atoms with Gasteiger partial charge in [-0.05, 0) is 35.4 Å². The summed E-state index contributed by atoms with van der Waals surface area (Å²) >= 11 is 1.79. The average Bonchev–Trinajstić information content (AvgIpc) is 2.45. The van der Waals surface area contributed by atoms with E-state index >= 15 is 0 Å². The van der Waals surface area contributed by atoms with Crippen LogP contribution in [0, 0.1) is 17.8 Å². The number of hydrogen-bond donors (Lipinski definition) is 2. The van der Waals surface area contributed by atoms with Crippen LogP contribution in [0.25, 0.3) is 0 Å². The molecule has 0 amide bonds. The third-order valence-corrected chi connectivity index (χ3v) is 3.93. The monoisotopic (exact) mass is 279 g/mol. The summed E-state index contributed by atoms with van der Waals surface area (Å²) in [6.07, 6.45) is 0. The van der Waals surface area contributed by atoms with Gasteiger partial charge in [0.05, 0.1) is 13.7 Å². The van der Waals surface area contributed by atoms with E-state index in [9.17, 15) is 0 Å². The molecule has 0 saturated heterocycles. The summed E-state index contributed by atoms with van der Waals surface area (Å²) in [5, 5.41) is 9.02.